The molecule has 0 unspecified atom stereocenters. The molecular weight excluding hydrogens is 360 g/mol. The third-order valence-corrected chi connectivity index (χ3v) is 5.13. The Morgan fingerprint density at radius 2 is 1.88 bits per heavy atom. The second-order valence-electron chi connectivity index (χ2n) is 5.98. The van der Waals surface area contributed by atoms with Gasteiger partial charge < -0.3 is 14.3 Å². The molecule has 1 fully saturated rings. The Morgan fingerprint density at radius 3 is 2.42 bits per heavy atom. The fourth-order valence-corrected chi connectivity index (χ4v) is 3.44. The summed E-state index contributed by atoms with van der Waals surface area (Å²) < 4.78 is 30.0. The lowest BCUT2D eigenvalue weighted by molar-refractivity contribution is -0.129. The smallest absolute Gasteiger partial charge is 0.243 e. The summed E-state index contributed by atoms with van der Waals surface area (Å²) in [5, 5.41) is 3.71. The van der Waals surface area contributed by atoms with Gasteiger partial charge >= 0.3 is 0 Å². The minimum absolute atomic E-state index is 0.106. The Bertz CT molecular complexity index is 861. The summed E-state index contributed by atoms with van der Waals surface area (Å²) in [4.78, 5) is 24.6. The molecule has 1 saturated heterocycles. The maximum Gasteiger partial charge on any atom is 0.243 e. The average Bonchev–Trinajstić information content (AvgIpc) is 3.05. The van der Waals surface area contributed by atoms with Crippen molar-refractivity contribution in [2.75, 3.05) is 48.2 Å². The van der Waals surface area contributed by atoms with Gasteiger partial charge in [0.05, 0.1) is 6.26 Å². The molecule has 1 aliphatic heterocycles. The number of nitrogens with zero attached hydrogens (tertiary/aromatic N) is 6. The van der Waals surface area contributed by atoms with Gasteiger partial charge in [-0.2, -0.15) is 0 Å². The second-order valence-corrected chi connectivity index (χ2v) is 7.89. The zero-order valence-electron chi connectivity index (χ0n) is 14.6. The van der Waals surface area contributed by atoms with Crippen molar-refractivity contribution in [3.05, 3.63) is 30.3 Å². The molecule has 10 nitrogen and oxygen atoms in total. The molecule has 0 saturated carbocycles. The molecule has 11 heteroatoms. The third-order valence-electron chi connectivity index (χ3n) is 4.02. The van der Waals surface area contributed by atoms with Crippen LogP contribution in [0.1, 0.15) is 5.76 Å². The van der Waals surface area contributed by atoms with Crippen LogP contribution in [0.2, 0.25) is 0 Å². The topological polar surface area (TPSA) is 113 Å². The van der Waals surface area contributed by atoms with Crippen molar-refractivity contribution >= 4 is 27.7 Å². The Labute approximate surface area is 151 Å². The number of aryl methyl sites for hydroxylation is 1. The van der Waals surface area contributed by atoms with E-state index in [-0.39, 0.29) is 18.3 Å². The number of carbonyl (C=O) groups excluding carboxylic acids is 1. The summed E-state index contributed by atoms with van der Waals surface area (Å²) in [6, 6.07) is 3.23. The van der Waals surface area contributed by atoms with Gasteiger partial charge in [0.15, 0.2) is 5.82 Å². The first-order chi connectivity index (χ1) is 12.3. The second kappa shape index (κ2) is 7.28. The van der Waals surface area contributed by atoms with E-state index in [4.69, 9.17) is 4.52 Å². The zero-order valence-corrected chi connectivity index (χ0v) is 15.4. The maximum atomic E-state index is 12.6. The largest absolute Gasteiger partial charge is 0.360 e. The highest BCUT2D eigenvalue weighted by molar-refractivity contribution is 7.92. The fraction of sp³-hybridized carbons (Fsp3) is 0.467. The molecule has 1 aliphatic rings. The van der Waals surface area contributed by atoms with Crippen LogP contribution >= 0.6 is 0 Å². The molecule has 0 aliphatic carbocycles. The molecule has 2 aromatic rings. The predicted molar refractivity (Wildman–Crippen MR) is 94.3 cm³/mol. The van der Waals surface area contributed by atoms with Gasteiger partial charge in [-0.25, -0.2) is 22.7 Å². The fourth-order valence-electron chi connectivity index (χ4n) is 2.67. The lowest BCUT2D eigenvalue weighted by Crippen LogP contribution is -2.52. The SMILES string of the molecule is Cc1cc(N(CC(=O)N2CCN(c3ncccn3)CC2)S(C)(=O)=O)no1. The molecule has 0 atom stereocenters. The number of aromatic nitrogens is 3. The Kier molecular flexibility index (Phi) is 5.07. The van der Waals surface area contributed by atoms with Crippen molar-refractivity contribution < 1.29 is 17.7 Å². The molecule has 3 heterocycles. The van der Waals surface area contributed by atoms with Crippen LogP contribution in [-0.4, -0.2) is 73.3 Å². The van der Waals surface area contributed by atoms with E-state index in [1.54, 1.807) is 30.3 Å². The number of hydrogen-bond donors (Lipinski definition) is 0. The monoisotopic (exact) mass is 380 g/mol. The summed E-state index contributed by atoms with van der Waals surface area (Å²) in [5.74, 6) is 0.910. The number of hydrogen-bond acceptors (Lipinski definition) is 8. The summed E-state index contributed by atoms with van der Waals surface area (Å²) in [6.07, 6.45) is 4.38. The van der Waals surface area contributed by atoms with E-state index in [0.717, 1.165) is 10.6 Å². The van der Waals surface area contributed by atoms with E-state index in [2.05, 4.69) is 15.1 Å². The van der Waals surface area contributed by atoms with Crippen molar-refractivity contribution in [2.45, 2.75) is 6.92 Å². The highest BCUT2D eigenvalue weighted by atomic mass is 32.2. The third kappa shape index (κ3) is 4.10. The average molecular weight is 380 g/mol. The van der Waals surface area contributed by atoms with Gasteiger partial charge in [-0.05, 0) is 13.0 Å². The van der Waals surface area contributed by atoms with E-state index >= 15 is 0 Å². The first-order valence-electron chi connectivity index (χ1n) is 8.05. The van der Waals surface area contributed by atoms with Gasteiger partial charge in [0, 0.05) is 44.6 Å². The highest BCUT2D eigenvalue weighted by Crippen LogP contribution is 2.18. The van der Waals surface area contributed by atoms with Crippen LogP contribution in [0, 0.1) is 6.92 Å². The molecule has 140 valence electrons. The van der Waals surface area contributed by atoms with Gasteiger partial charge in [0.2, 0.25) is 21.9 Å². The van der Waals surface area contributed by atoms with Gasteiger partial charge in [-0.15, -0.1) is 0 Å². The first kappa shape index (κ1) is 18.1. The Balaban J connectivity index is 1.64. The number of carbonyl (C=O) groups is 1. The summed E-state index contributed by atoms with van der Waals surface area (Å²) in [7, 11) is -3.66. The Morgan fingerprint density at radius 1 is 1.23 bits per heavy atom. The van der Waals surface area contributed by atoms with Crippen LogP contribution in [0.3, 0.4) is 0 Å². The molecule has 0 aromatic carbocycles. The lowest BCUT2D eigenvalue weighted by atomic mass is 10.3. The number of anilines is 2. The molecule has 0 spiro atoms. The molecule has 1 amide bonds. The number of piperazine rings is 1. The summed E-state index contributed by atoms with van der Waals surface area (Å²) in [6.45, 7) is 3.44. The van der Waals surface area contributed by atoms with Gasteiger partial charge in [0.25, 0.3) is 0 Å². The van der Waals surface area contributed by atoms with Gasteiger partial charge in [0.1, 0.15) is 12.3 Å². The summed E-state index contributed by atoms with van der Waals surface area (Å²) in [5.41, 5.74) is 0. The highest BCUT2D eigenvalue weighted by Gasteiger charge is 2.28. The van der Waals surface area contributed by atoms with Gasteiger partial charge in [-0.3, -0.25) is 4.79 Å². The number of amides is 1. The minimum atomic E-state index is -3.66. The quantitative estimate of drug-likeness (QED) is 0.706. The van der Waals surface area contributed by atoms with E-state index in [1.807, 2.05) is 4.90 Å². The van der Waals surface area contributed by atoms with Crippen molar-refractivity contribution in [2.24, 2.45) is 0 Å². The maximum absolute atomic E-state index is 12.6. The van der Waals surface area contributed by atoms with Crippen molar-refractivity contribution in [3.63, 3.8) is 0 Å². The van der Waals surface area contributed by atoms with Crippen LogP contribution < -0.4 is 9.21 Å². The minimum Gasteiger partial charge on any atom is -0.360 e. The van der Waals surface area contributed by atoms with E-state index in [0.29, 0.717) is 37.9 Å². The predicted octanol–water partition coefficient (Wildman–Crippen LogP) is -0.112. The zero-order chi connectivity index (χ0) is 18.7. The van der Waals surface area contributed by atoms with Crippen molar-refractivity contribution in [3.8, 4) is 0 Å². The molecule has 0 bridgehead atoms. The molecule has 0 radical (unpaired) electrons. The Hall–Kier alpha value is -2.69. The molecule has 26 heavy (non-hydrogen) atoms. The van der Waals surface area contributed by atoms with E-state index in [1.165, 1.54) is 6.07 Å². The van der Waals surface area contributed by atoms with Crippen LogP contribution in [0.25, 0.3) is 0 Å². The molecular formula is C15H20N6O4S. The van der Waals surface area contributed by atoms with E-state index < -0.39 is 10.0 Å². The summed E-state index contributed by atoms with van der Waals surface area (Å²) >= 11 is 0. The number of sulfonamides is 1. The van der Waals surface area contributed by atoms with Crippen LogP contribution in [-0.2, 0) is 14.8 Å². The van der Waals surface area contributed by atoms with Crippen molar-refractivity contribution in [1.29, 1.82) is 0 Å². The molecule has 2 aromatic heterocycles. The van der Waals surface area contributed by atoms with Crippen LogP contribution in [0.4, 0.5) is 11.8 Å². The normalized spacial score (nSPS) is 15.2. The van der Waals surface area contributed by atoms with Crippen LogP contribution in [0.15, 0.2) is 29.0 Å². The standard InChI is InChI=1S/C15H20N6O4S/c1-12-10-13(18-25-12)21(26(2,23)24)11-14(22)19-6-8-20(9-7-19)15-16-4-3-5-17-15/h3-5,10H,6-9,11H2,1-2H3. The van der Waals surface area contributed by atoms with Gasteiger partial charge in [-0.1, -0.05) is 5.16 Å². The number of rotatable bonds is 5. The molecule has 0 N–H and O–H groups in total. The van der Waals surface area contributed by atoms with E-state index in [9.17, 15) is 13.2 Å². The van der Waals surface area contributed by atoms with Crippen molar-refractivity contribution in [1.82, 2.24) is 20.0 Å². The first-order valence-corrected chi connectivity index (χ1v) is 9.90. The molecule has 3 rings (SSSR count). The lowest BCUT2D eigenvalue weighted by Gasteiger charge is -2.35. The van der Waals surface area contributed by atoms with Crippen LogP contribution in [0.5, 0.6) is 0 Å².